The molecule has 3 heterocycles. The van der Waals surface area contributed by atoms with Crippen LogP contribution in [-0.4, -0.2) is 95.1 Å². The molecule has 1 saturated carbocycles. The Hall–Kier alpha value is -4.56. The number of amides is 3. The molecule has 1 aliphatic heterocycles. The van der Waals surface area contributed by atoms with Gasteiger partial charge >= 0.3 is 5.97 Å². The van der Waals surface area contributed by atoms with Gasteiger partial charge in [-0.3, -0.25) is 14.4 Å². The second-order valence-electron chi connectivity index (χ2n) is 15.6. The van der Waals surface area contributed by atoms with E-state index in [2.05, 4.69) is 27.5 Å². The third-order valence-electron chi connectivity index (χ3n) is 9.75. The average Bonchev–Trinajstić information content (AvgIpc) is 3.33. The summed E-state index contributed by atoms with van der Waals surface area (Å²) in [5.74, 6) is -1.76. The Kier molecular flexibility index (Phi) is 11.0. The Morgan fingerprint density at radius 3 is 2.46 bits per heavy atom. The molecule has 14 heteroatoms. The molecule has 1 aromatic carbocycles. The van der Waals surface area contributed by atoms with Gasteiger partial charge in [0.1, 0.15) is 29.1 Å². The first-order valence-electron chi connectivity index (χ1n) is 17.6. The lowest BCUT2D eigenvalue weighted by Crippen LogP contribution is -2.57. The van der Waals surface area contributed by atoms with Crippen LogP contribution in [0.3, 0.4) is 0 Å². The molecule has 13 nitrogen and oxygen atoms in total. The van der Waals surface area contributed by atoms with E-state index in [0.717, 1.165) is 16.6 Å². The highest BCUT2D eigenvalue weighted by molar-refractivity contribution is 7.14. The zero-order valence-corrected chi connectivity index (χ0v) is 32.3. The molecule has 5 atom stereocenters. The van der Waals surface area contributed by atoms with Crippen molar-refractivity contribution in [3.8, 4) is 17.1 Å². The lowest BCUT2D eigenvalue weighted by atomic mass is 9.86. The van der Waals surface area contributed by atoms with Crippen LogP contribution in [0.4, 0.5) is 10.8 Å². The number of carbonyl (C=O) groups is 4. The van der Waals surface area contributed by atoms with E-state index >= 15 is 0 Å². The number of hydrogen-bond acceptors (Lipinski definition) is 10. The van der Waals surface area contributed by atoms with Crippen LogP contribution in [0.15, 0.2) is 36.2 Å². The predicted molar refractivity (Wildman–Crippen MR) is 204 cm³/mol. The maximum atomic E-state index is 14.2. The van der Waals surface area contributed by atoms with Crippen molar-refractivity contribution in [2.24, 2.45) is 17.3 Å². The normalized spacial score (nSPS) is 21.9. The van der Waals surface area contributed by atoms with Crippen molar-refractivity contribution in [3.63, 3.8) is 0 Å². The van der Waals surface area contributed by atoms with Gasteiger partial charge in [0.2, 0.25) is 17.7 Å². The summed E-state index contributed by atoms with van der Waals surface area (Å²) in [4.78, 5) is 66.0. The molecule has 2 aliphatic rings. The van der Waals surface area contributed by atoms with Crippen LogP contribution >= 0.6 is 11.3 Å². The maximum Gasteiger partial charge on any atom is 0.330 e. The van der Waals surface area contributed by atoms with Gasteiger partial charge in [-0.2, -0.15) is 0 Å². The zero-order valence-electron chi connectivity index (χ0n) is 31.5. The SMILES string of the molecule is C=C[C@@H]1C[C@]1(NC(=O)[C@@H]1C[C@@H](Oc2cc(-c3csc(NC(=O)CC(C)C)n3)nc3cc(N(C)C)c(C)cc23)CN1C(=O)[C@@H](NC)C(C)(C)C)C(=O)O. The number of pyridine rings is 1. The van der Waals surface area contributed by atoms with E-state index in [0.29, 0.717) is 34.2 Å². The molecule has 1 saturated heterocycles. The van der Waals surface area contributed by atoms with E-state index in [9.17, 15) is 24.3 Å². The number of benzene rings is 1. The van der Waals surface area contributed by atoms with Gasteiger partial charge in [-0.15, -0.1) is 17.9 Å². The van der Waals surface area contributed by atoms with E-state index in [1.54, 1.807) is 13.1 Å². The Balaban J connectivity index is 1.52. The molecule has 3 aromatic rings. The van der Waals surface area contributed by atoms with Gasteiger partial charge in [-0.1, -0.05) is 40.7 Å². The Morgan fingerprint density at radius 1 is 1.17 bits per heavy atom. The molecular weight excluding hydrogens is 683 g/mol. The first kappa shape index (κ1) is 38.7. The largest absolute Gasteiger partial charge is 0.488 e. The predicted octanol–water partition coefficient (Wildman–Crippen LogP) is 4.85. The van der Waals surface area contributed by atoms with Crippen LogP contribution in [0.1, 0.15) is 59.4 Å². The topological polar surface area (TPSA) is 166 Å². The van der Waals surface area contributed by atoms with E-state index in [1.807, 2.05) is 78.1 Å². The number of likely N-dealkylation sites (tertiary alicyclic amines) is 1. The summed E-state index contributed by atoms with van der Waals surface area (Å²) >= 11 is 1.31. The summed E-state index contributed by atoms with van der Waals surface area (Å²) in [6.07, 6.45) is 1.68. The van der Waals surface area contributed by atoms with Crippen LogP contribution in [0.2, 0.25) is 0 Å². The number of thiazole rings is 1. The van der Waals surface area contributed by atoms with Crippen molar-refractivity contribution in [1.29, 1.82) is 0 Å². The third kappa shape index (κ3) is 7.92. The summed E-state index contributed by atoms with van der Waals surface area (Å²) in [7, 11) is 5.63. The minimum absolute atomic E-state index is 0.104. The van der Waals surface area contributed by atoms with Gasteiger partial charge in [-0.25, -0.2) is 14.8 Å². The van der Waals surface area contributed by atoms with Crippen molar-refractivity contribution < 1.29 is 29.0 Å². The monoisotopic (exact) mass is 733 g/mol. The number of fused-ring (bicyclic) bond motifs is 1. The summed E-state index contributed by atoms with van der Waals surface area (Å²) < 4.78 is 6.74. The van der Waals surface area contributed by atoms with Crippen LogP contribution in [-0.2, 0) is 19.2 Å². The van der Waals surface area contributed by atoms with Crippen molar-refractivity contribution in [1.82, 2.24) is 25.5 Å². The number of anilines is 2. The second kappa shape index (κ2) is 14.8. The fraction of sp³-hybridized carbons (Fsp3) is 0.526. The Morgan fingerprint density at radius 2 is 1.88 bits per heavy atom. The number of hydrogen-bond donors (Lipinski definition) is 4. The van der Waals surface area contributed by atoms with Gasteiger partial charge < -0.3 is 35.6 Å². The lowest BCUT2D eigenvalue weighted by Gasteiger charge is -2.35. The van der Waals surface area contributed by atoms with E-state index in [1.165, 1.54) is 22.3 Å². The highest BCUT2D eigenvalue weighted by Gasteiger charge is 2.61. The Labute approximate surface area is 309 Å². The molecule has 2 fully saturated rings. The lowest BCUT2D eigenvalue weighted by molar-refractivity contribution is -0.146. The molecule has 280 valence electrons. The minimum atomic E-state index is -1.45. The van der Waals surface area contributed by atoms with Crippen molar-refractivity contribution in [3.05, 3.63) is 41.8 Å². The molecule has 0 spiro atoms. The first-order chi connectivity index (χ1) is 24.4. The number of carboxylic acid groups (broad SMARTS) is 1. The van der Waals surface area contributed by atoms with Crippen LogP contribution in [0.5, 0.6) is 5.75 Å². The van der Waals surface area contributed by atoms with Crippen molar-refractivity contribution in [2.45, 2.75) is 84.5 Å². The quantitative estimate of drug-likeness (QED) is 0.179. The van der Waals surface area contributed by atoms with Gasteiger partial charge in [0.05, 0.1) is 23.8 Å². The standard InChI is InChI=1S/C38H51N7O6S/c1-11-22-17-38(22,35(49)50)43-33(47)29-14-23(18-45(29)34(48)32(39-8)37(5,6)7)51-30-16-26(27-19-52-36(41-27)42-31(46)12-20(2)3)40-25-15-28(44(9)10)21(4)13-24(25)30/h11,13,15-16,19-20,22-23,29,32,39H,1,12,14,17-18H2,2-10H3,(H,43,47)(H,49,50)(H,41,42,46)/t22-,23-,29+,32-,38-/m1/s1. The second-order valence-corrected chi connectivity index (χ2v) is 16.5. The van der Waals surface area contributed by atoms with Crippen molar-refractivity contribution >= 4 is 56.7 Å². The summed E-state index contributed by atoms with van der Waals surface area (Å²) in [5, 5.41) is 21.8. The minimum Gasteiger partial charge on any atom is -0.488 e. The number of carboxylic acids is 1. The number of carbonyl (C=O) groups excluding carboxylic acids is 3. The molecule has 4 N–H and O–H groups in total. The summed E-state index contributed by atoms with van der Waals surface area (Å²) in [5.41, 5.74) is 1.81. The van der Waals surface area contributed by atoms with Crippen LogP contribution in [0, 0.1) is 24.2 Å². The molecule has 0 bridgehead atoms. The van der Waals surface area contributed by atoms with Gasteiger partial charge in [0, 0.05) is 55.4 Å². The number of rotatable bonds is 13. The number of nitrogens with one attached hydrogen (secondary N) is 3. The van der Waals surface area contributed by atoms with Crippen molar-refractivity contribution in [2.75, 3.05) is 37.9 Å². The van der Waals surface area contributed by atoms with E-state index in [4.69, 9.17) is 9.72 Å². The first-order valence-corrected chi connectivity index (χ1v) is 18.5. The third-order valence-corrected chi connectivity index (χ3v) is 10.5. The molecular formula is C38H51N7O6S. The smallest absolute Gasteiger partial charge is 0.330 e. The molecule has 0 radical (unpaired) electrons. The van der Waals surface area contributed by atoms with Crippen LogP contribution in [0.25, 0.3) is 22.3 Å². The summed E-state index contributed by atoms with van der Waals surface area (Å²) in [6, 6.07) is 4.21. The molecule has 3 amide bonds. The van der Waals surface area contributed by atoms with E-state index in [-0.39, 0.29) is 37.1 Å². The van der Waals surface area contributed by atoms with Gasteiger partial charge in [-0.05, 0) is 49.4 Å². The van der Waals surface area contributed by atoms with Crippen LogP contribution < -0.4 is 25.6 Å². The number of aryl methyl sites for hydroxylation is 1. The maximum absolute atomic E-state index is 14.2. The highest BCUT2D eigenvalue weighted by Crippen LogP contribution is 2.45. The molecule has 0 unspecified atom stereocenters. The fourth-order valence-electron chi connectivity index (χ4n) is 7.01. The highest BCUT2D eigenvalue weighted by atomic mass is 32.1. The average molecular weight is 734 g/mol. The fourth-order valence-corrected chi connectivity index (χ4v) is 7.73. The number of aromatic nitrogens is 2. The number of aliphatic carboxylic acids is 1. The zero-order chi connectivity index (χ0) is 38.3. The summed E-state index contributed by atoms with van der Waals surface area (Å²) in [6.45, 7) is 15.6. The molecule has 52 heavy (non-hydrogen) atoms. The number of ether oxygens (including phenoxy) is 1. The number of nitrogens with zero attached hydrogens (tertiary/aromatic N) is 4. The van der Waals surface area contributed by atoms with Gasteiger partial charge in [0.25, 0.3) is 0 Å². The molecule has 1 aliphatic carbocycles. The molecule has 2 aromatic heterocycles. The van der Waals surface area contributed by atoms with Gasteiger partial charge in [0.15, 0.2) is 5.13 Å². The molecule has 5 rings (SSSR count). The Bertz CT molecular complexity index is 1880. The van der Waals surface area contributed by atoms with E-state index < -0.39 is 46.9 Å². The number of likely N-dealkylation sites (N-methyl/N-ethyl adjacent to an activating group) is 1.